The molecule has 0 saturated heterocycles. The number of nitrogens with one attached hydrogen (secondary N) is 1. The molecule has 1 atom stereocenters. The number of nitriles is 1. The fourth-order valence-corrected chi connectivity index (χ4v) is 3.66. The van der Waals surface area contributed by atoms with E-state index in [4.69, 9.17) is 0 Å². The number of aromatic nitrogens is 3. The molecule has 3 aromatic rings. The van der Waals surface area contributed by atoms with Crippen LogP contribution in [0, 0.1) is 24.2 Å². The zero-order valence-electron chi connectivity index (χ0n) is 17.3. The van der Waals surface area contributed by atoms with Crippen LogP contribution in [0.25, 0.3) is 16.7 Å². The van der Waals surface area contributed by atoms with Gasteiger partial charge in [0.15, 0.2) is 5.16 Å². The van der Waals surface area contributed by atoms with E-state index < -0.39 is 5.54 Å². The minimum Gasteiger partial charge on any atom is -0.337 e. The first-order valence-corrected chi connectivity index (χ1v) is 10.5. The summed E-state index contributed by atoms with van der Waals surface area (Å²) in [6.07, 6.45) is 1.62. The van der Waals surface area contributed by atoms with E-state index in [2.05, 4.69) is 21.4 Å². The van der Waals surface area contributed by atoms with Crippen molar-refractivity contribution >= 4 is 28.6 Å². The van der Waals surface area contributed by atoms with Gasteiger partial charge in [-0.25, -0.2) is 14.5 Å². The molecule has 30 heavy (non-hydrogen) atoms. The summed E-state index contributed by atoms with van der Waals surface area (Å²) in [5, 5.41) is 13.1. The van der Waals surface area contributed by atoms with Gasteiger partial charge in [0.05, 0.1) is 22.7 Å². The zero-order valence-corrected chi connectivity index (χ0v) is 18.2. The molecule has 0 saturated carbocycles. The summed E-state index contributed by atoms with van der Waals surface area (Å²) in [5.74, 6) is 0.141. The third-order valence-corrected chi connectivity index (χ3v) is 6.00. The van der Waals surface area contributed by atoms with Crippen LogP contribution >= 0.6 is 11.8 Å². The number of pyridine rings is 1. The maximum absolute atomic E-state index is 13.2. The van der Waals surface area contributed by atoms with Gasteiger partial charge in [0, 0.05) is 6.20 Å². The van der Waals surface area contributed by atoms with Crippen molar-refractivity contribution in [2.45, 2.75) is 38.4 Å². The molecule has 1 aromatic carbocycles. The fraction of sp³-hybridized carbons (Fsp3) is 0.318. The molecule has 8 heteroatoms. The Morgan fingerprint density at radius 3 is 2.70 bits per heavy atom. The number of fused-ring (bicyclic) bond motifs is 1. The van der Waals surface area contributed by atoms with Crippen molar-refractivity contribution in [3.05, 3.63) is 58.5 Å². The summed E-state index contributed by atoms with van der Waals surface area (Å²) in [5.41, 5.74) is 0.166. The maximum Gasteiger partial charge on any atom is 0.267 e. The fourth-order valence-electron chi connectivity index (χ4n) is 2.86. The Balaban J connectivity index is 2.00. The lowest BCUT2D eigenvalue weighted by molar-refractivity contribution is -0.120. The van der Waals surface area contributed by atoms with E-state index in [9.17, 15) is 14.9 Å². The van der Waals surface area contributed by atoms with Crippen LogP contribution in [0.2, 0.25) is 0 Å². The molecule has 0 aliphatic rings. The molecule has 0 aliphatic carbocycles. The first-order valence-electron chi connectivity index (χ1n) is 9.55. The molecule has 7 nitrogen and oxygen atoms in total. The monoisotopic (exact) mass is 421 g/mol. The first kappa shape index (κ1) is 21.5. The van der Waals surface area contributed by atoms with Gasteiger partial charge >= 0.3 is 0 Å². The van der Waals surface area contributed by atoms with Gasteiger partial charge in [0.25, 0.3) is 5.56 Å². The van der Waals surface area contributed by atoms with Crippen LogP contribution in [0.4, 0.5) is 0 Å². The van der Waals surface area contributed by atoms with Crippen LogP contribution in [-0.2, 0) is 4.79 Å². The number of nitrogens with zero attached hydrogens (tertiary/aromatic N) is 4. The van der Waals surface area contributed by atoms with E-state index >= 15 is 0 Å². The van der Waals surface area contributed by atoms with Crippen molar-refractivity contribution in [1.29, 1.82) is 5.26 Å². The third kappa shape index (κ3) is 4.21. The highest BCUT2D eigenvalue weighted by molar-refractivity contribution is 7.99. The smallest absolute Gasteiger partial charge is 0.267 e. The predicted molar refractivity (Wildman–Crippen MR) is 118 cm³/mol. The molecule has 0 bridgehead atoms. The molecule has 1 N–H and O–H groups in total. The molecule has 154 valence electrons. The lowest BCUT2D eigenvalue weighted by atomic mass is 9.90. The van der Waals surface area contributed by atoms with Crippen molar-refractivity contribution in [3.8, 4) is 11.9 Å². The van der Waals surface area contributed by atoms with Crippen LogP contribution in [0.5, 0.6) is 0 Å². The Morgan fingerprint density at radius 2 is 2.03 bits per heavy atom. The number of carbonyl (C=O) groups is 1. The highest BCUT2D eigenvalue weighted by Gasteiger charge is 2.30. The summed E-state index contributed by atoms with van der Waals surface area (Å²) in [7, 11) is 0. The van der Waals surface area contributed by atoms with Gasteiger partial charge < -0.3 is 5.32 Å². The van der Waals surface area contributed by atoms with Gasteiger partial charge in [-0.15, -0.1) is 0 Å². The standard InChI is InChI=1S/C22H23N5O2S/c1-14(2)22(4,13-23)26-18(28)12-30-21-25-17-10-6-5-9-16(17)20(29)27(21)19-15(3)8-7-11-24-19/h5-11,14H,12H2,1-4H3,(H,26,28)/t22-/m0/s1. The maximum atomic E-state index is 13.2. The topological polar surface area (TPSA) is 101 Å². The van der Waals surface area contributed by atoms with E-state index in [-0.39, 0.29) is 23.1 Å². The molecule has 3 rings (SSSR count). The summed E-state index contributed by atoms with van der Waals surface area (Å²) in [6.45, 7) is 7.32. The minimum absolute atomic E-state index is 0.0145. The summed E-state index contributed by atoms with van der Waals surface area (Å²) in [4.78, 5) is 34.8. The molecule has 1 amide bonds. The van der Waals surface area contributed by atoms with Crippen molar-refractivity contribution in [2.75, 3.05) is 5.75 Å². The van der Waals surface area contributed by atoms with E-state index in [1.165, 1.54) is 4.57 Å². The number of amides is 1. The summed E-state index contributed by atoms with van der Waals surface area (Å²) >= 11 is 1.14. The van der Waals surface area contributed by atoms with Crippen LogP contribution in [0.3, 0.4) is 0 Å². The van der Waals surface area contributed by atoms with Crippen LogP contribution < -0.4 is 10.9 Å². The molecular weight excluding hydrogens is 398 g/mol. The van der Waals surface area contributed by atoms with E-state index in [0.29, 0.717) is 21.9 Å². The molecule has 0 radical (unpaired) electrons. The number of carbonyl (C=O) groups excluding carboxylic acids is 1. The molecular formula is C22H23N5O2S. The Hall–Kier alpha value is -3.18. The van der Waals surface area contributed by atoms with Gasteiger partial charge in [-0.05, 0) is 43.5 Å². The zero-order chi connectivity index (χ0) is 21.9. The number of benzene rings is 1. The highest BCUT2D eigenvalue weighted by Crippen LogP contribution is 2.22. The van der Waals surface area contributed by atoms with Crippen LogP contribution in [0.1, 0.15) is 26.3 Å². The second-order valence-corrected chi connectivity index (χ2v) is 8.44. The number of hydrogen-bond donors (Lipinski definition) is 1. The normalized spacial score (nSPS) is 13.1. The van der Waals surface area contributed by atoms with Gasteiger partial charge in [0.2, 0.25) is 5.91 Å². The number of thioether (sulfide) groups is 1. The predicted octanol–water partition coefficient (Wildman–Crippen LogP) is 3.24. The summed E-state index contributed by atoms with van der Waals surface area (Å²) in [6, 6.07) is 12.9. The van der Waals surface area contributed by atoms with Crippen LogP contribution in [0.15, 0.2) is 52.5 Å². The lowest BCUT2D eigenvalue weighted by Crippen LogP contribution is -2.49. The molecule has 2 heterocycles. The Labute approximate surface area is 179 Å². The Bertz CT molecular complexity index is 1200. The quantitative estimate of drug-likeness (QED) is 0.484. The molecule has 2 aromatic heterocycles. The van der Waals surface area contributed by atoms with Crippen molar-refractivity contribution in [2.24, 2.45) is 5.92 Å². The van der Waals surface area contributed by atoms with Crippen LogP contribution in [-0.4, -0.2) is 31.7 Å². The van der Waals surface area contributed by atoms with E-state index in [1.807, 2.05) is 32.9 Å². The highest BCUT2D eigenvalue weighted by atomic mass is 32.2. The SMILES string of the molecule is Cc1cccnc1-n1c(SCC(=O)N[C@@](C)(C#N)C(C)C)nc2ccccc2c1=O. The first-order chi connectivity index (χ1) is 14.3. The van der Waals surface area contributed by atoms with Gasteiger partial charge in [-0.2, -0.15) is 5.26 Å². The van der Waals surface area contributed by atoms with E-state index in [0.717, 1.165) is 17.3 Å². The average Bonchev–Trinajstić information content (AvgIpc) is 2.73. The third-order valence-electron chi connectivity index (χ3n) is 5.06. The Kier molecular flexibility index (Phi) is 6.22. The van der Waals surface area contributed by atoms with Gasteiger partial charge in [-0.1, -0.05) is 43.8 Å². The van der Waals surface area contributed by atoms with E-state index in [1.54, 1.807) is 37.4 Å². The summed E-state index contributed by atoms with van der Waals surface area (Å²) < 4.78 is 1.45. The molecule has 0 spiro atoms. The minimum atomic E-state index is -0.967. The average molecular weight is 422 g/mol. The Morgan fingerprint density at radius 1 is 1.30 bits per heavy atom. The number of aryl methyl sites for hydroxylation is 1. The largest absolute Gasteiger partial charge is 0.337 e. The molecule has 0 unspecified atom stereocenters. The second-order valence-electron chi connectivity index (χ2n) is 7.50. The van der Waals surface area contributed by atoms with Crippen molar-refractivity contribution in [1.82, 2.24) is 19.9 Å². The van der Waals surface area contributed by atoms with Gasteiger partial charge in [-0.3, -0.25) is 9.59 Å². The van der Waals surface area contributed by atoms with Crippen molar-refractivity contribution < 1.29 is 4.79 Å². The molecule has 0 aliphatic heterocycles. The lowest BCUT2D eigenvalue weighted by Gasteiger charge is -2.27. The molecule has 0 fully saturated rings. The number of hydrogen-bond acceptors (Lipinski definition) is 6. The number of rotatable bonds is 6. The van der Waals surface area contributed by atoms with Crippen molar-refractivity contribution in [3.63, 3.8) is 0 Å². The van der Waals surface area contributed by atoms with Gasteiger partial charge in [0.1, 0.15) is 11.4 Å². The number of para-hydroxylation sites is 1. The second kappa shape index (κ2) is 8.67.